The topological polar surface area (TPSA) is 20.5 Å². The van der Waals surface area contributed by atoms with Crippen LogP contribution in [0, 0.1) is 0 Å². The standard InChI is InChI=1S/C51H41N3/c1-50(2)51(3,4)54(41-22-9-6-10-23-41)49(52-50)39-19-15-18-38(31-39)45-33-47-48(43-25-14-13-24-42(43)45)44-29-28-37(32-46(44)53(47)40-20-7-5-8-21-40)36-27-26-34-16-11-12-17-35(34)30-36/h5-33H,1-4H3. The van der Waals surface area contributed by atoms with Crippen molar-refractivity contribution in [2.75, 3.05) is 4.90 Å². The van der Waals surface area contributed by atoms with E-state index in [1.54, 1.807) is 0 Å². The van der Waals surface area contributed by atoms with Crippen LogP contribution in [-0.4, -0.2) is 21.5 Å². The number of aromatic nitrogens is 1. The third-order valence-electron chi connectivity index (χ3n) is 12.0. The third kappa shape index (κ3) is 4.92. The average Bonchev–Trinajstić information content (AvgIpc) is 3.64. The van der Waals surface area contributed by atoms with Gasteiger partial charge in [0.1, 0.15) is 5.84 Å². The van der Waals surface area contributed by atoms with Gasteiger partial charge in [0.25, 0.3) is 0 Å². The summed E-state index contributed by atoms with van der Waals surface area (Å²) < 4.78 is 2.46. The van der Waals surface area contributed by atoms with E-state index in [0.29, 0.717) is 0 Å². The fourth-order valence-corrected chi connectivity index (χ4v) is 8.55. The van der Waals surface area contributed by atoms with Gasteiger partial charge in [-0.3, -0.25) is 4.99 Å². The molecule has 0 aliphatic carbocycles. The molecule has 3 heteroatoms. The van der Waals surface area contributed by atoms with Crippen molar-refractivity contribution in [3.8, 4) is 27.9 Å². The summed E-state index contributed by atoms with van der Waals surface area (Å²) in [6.45, 7) is 9.09. The zero-order valence-electron chi connectivity index (χ0n) is 31.1. The summed E-state index contributed by atoms with van der Waals surface area (Å²) in [5.41, 5.74) is 10.1. The van der Waals surface area contributed by atoms with Crippen molar-refractivity contribution < 1.29 is 0 Å². The number of hydrogen-bond acceptors (Lipinski definition) is 2. The molecule has 0 saturated carbocycles. The summed E-state index contributed by atoms with van der Waals surface area (Å²) >= 11 is 0. The van der Waals surface area contributed by atoms with E-state index in [9.17, 15) is 0 Å². The molecule has 1 aromatic heterocycles. The summed E-state index contributed by atoms with van der Waals surface area (Å²) in [5, 5.41) is 7.51. The maximum atomic E-state index is 5.42. The van der Waals surface area contributed by atoms with Crippen LogP contribution in [0.1, 0.15) is 33.3 Å². The van der Waals surface area contributed by atoms with Gasteiger partial charge >= 0.3 is 0 Å². The Morgan fingerprint density at radius 2 is 1.06 bits per heavy atom. The molecule has 1 aliphatic rings. The van der Waals surface area contributed by atoms with Crippen LogP contribution in [-0.2, 0) is 0 Å². The lowest BCUT2D eigenvalue weighted by Crippen LogP contribution is -2.53. The Balaban J connectivity index is 1.21. The molecule has 0 atom stereocenters. The van der Waals surface area contributed by atoms with E-state index in [-0.39, 0.29) is 11.1 Å². The van der Waals surface area contributed by atoms with Gasteiger partial charge in [0.2, 0.25) is 0 Å². The molecule has 0 bridgehead atoms. The average molecular weight is 696 g/mol. The van der Waals surface area contributed by atoms with Gasteiger partial charge in [-0.05, 0) is 120 Å². The van der Waals surface area contributed by atoms with Crippen LogP contribution in [0.3, 0.4) is 0 Å². The number of rotatable bonds is 5. The molecular formula is C51H41N3. The summed E-state index contributed by atoms with van der Waals surface area (Å²) in [5.74, 6) is 1.00. The molecule has 3 nitrogen and oxygen atoms in total. The molecule has 260 valence electrons. The first kappa shape index (κ1) is 32.2. The second-order valence-corrected chi connectivity index (χ2v) is 15.6. The lowest BCUT2D eigenvalue weighted by atomic mass is 9.83. The summed E-state index contributed by atoms with van der Waals surface area (Å²) in [7, 11) is 0. The highest BCUT2D eigenvalue weighted by molar-refractivity contribution is 6.25. The van der Waals surface area contributed by atoms with Gasteiger partial charge in [0, 0.05) is 27.7 Å². The predicted molar refractivity (Wildman–Crippen MR) is 230 cm³/mol. The molecule has 8 aromatic carbocycles. The Morgan fingerprint density at radius 3 is 1.83 bits per heavy atom. The second kappa shape index (κ2) is 12.0. The van der Waals surface area contributed by atoms with Crippen molar-refractivity contribution in [1.82, 2.24) is 4.57 Å². The number of hydrogen-bond donors (Lipinski definition) is 0. The molecule has 0 fully saturated rings. The molecule has 10 rings (SSSR count). The third-order valence-corrected chi connectivity index (χ3v) is 12.0. The van der Waals surface area contributed by atoms with E-state index in [4.69, 9.17) is 4.99 Å². The molecule has 0 N–H and O–H groups in total. The first-order valence-corrected chi connectivity index (χ1v) is 18.9. The van der Waals surface area contributed by atoms with Gasteiger partial charge in [-0.25, -0.2) is 0 Å². The molecule has 0 unspecified atom stereocenters. The SMILES string of the molecule is CC1(C)N=C(c2cccc(-c3cc4c(c5ccccc35)c3ccc(-c5ccc6ccccc6c5)cc3n4-c3ccccc3)c2)N(c2ccccc2)C1(C)C. The number of fused-ring (bicyclic) bond motifs is 6. The molecule has 2 heterocycles. The highest BCUT2D eigenvalue weighted by Gasteiger charge is 2.49. The van der Waals surface area contributed by atoms with Crippen LogP contribution in [0.5, 0.6) is 0 Å². The number of aliphatic imine (C=N–C) groups is 1. The smallest absolute Gasteiger partial charge is 0.136 e. The van der Waals surface area contributed by atoms with Gasteiger partial charge in [-0.15, -0.1) is 0 Å². The molecular weight excluding hydrogens is 655 g/mol. The highest BCUT2D eigenvalue weighted by atomic mass is 15.3. The first-order chi connectivity index (χ1) is 26.3. The minimum atomic E-state index is -0.290. The van der Waals surface area contributed by atoms with E-state index in [1.165, 1.54) is 65.6 Å². The lowest BCUT2D eigenvalue weighted by Gasteiger charge is -2.41. The number of para-hydroxylation sites is 2. The molecule has 54 heavy (non-hydrogen) atoms. The van der Waals surface area contributed by atoms with E-state index < -0.39 is 0 Å². The van der Waals surface area contributed by atoms with Crippen LogP contribution in [0.2, 0.25) is 0 Å². The number of amidine groups is 1. The number of anilines is 1. The minimum Gasteiger partial charge on any atom is -0.318 e. The van der Waals surface area contributed by atoms with Crippen LogP contribution in [0.15, 0.2) is 181 Å². The zero-order chi connectivity index (χ0) is 36.6. The Bertz CT molecular complexity index is 2930. The van der Waals surface area contributed by atoms with Crippen molar-refractivity contribution in [3.63, 3.8) is 0 Å². The maximum absolute atomic E-state index is 5.42. The first-order valence-electron chi connectivity index (χ1n) is 18.9. The fourth-order valence-electron chi connectivity index (χ4n) is 8.55. The molecule has 9 aromatic rings. The normalized spacial score (nSPS) is 15.0. The Morgan fingerprint density at radius 1 is 0.426 bits per heavy atom. The largest absolute Gasteiger partial charge is 0.318 e. The number of nitrogens with zero attached hydrogens (tertiary/aromatic N) is 3. The molecule has 0 amide bonds. The molecule has 1 aliphatic heterocycles. The van der Waals surface area contributed by atoms with E-state index in [0.717, 1.165) is 22.8 Å². The number of benzene rings is 8. The monoisotopic (exact) mass is 695 g/mol. The Labute approximate surface area is 316 Å². The zero-order valence-corrected chi connectivity index (χ0v) is 31.1. The van der Waals surface area contributed by atoms with E-state index >= 15 is 0 Å². The van der Waals surface area contributed by atoms with Crippen molar-refractivity contribution in [2.24, 2.45) is 4.99 Å². The summed E-state index contributed by atoms with van der Waals surface area (Å²) in [6.07, 6.45) is 0. The second-order valence-electron chi connectivity index (χ2n) is 15.6. The van der Waals surface area contributed by atoms with Gasteiger partial charge in [-0.1, -0.05) is 127 Å². The van der Waals surface area contributed by atoms with Crippen LogP contribution < -0.4 is 4.90 Å². The van der Waals surface area contributed by atoms with Crippen molar-refractivity contribution in [2.45, 2.75) is 38.8 Å². The quantitative estimate of drug-likeness (QED) is 0.176. The molecule has 0 radical (unpaired) electrons. The van der Waals surface area contributed by atoms with Crippen molar-refractivity contribution in [3.05, 3.63) is 181 Å². The van der Waals surface area contributed by atoms with Gasteiger partial charge in [0.15, 0.2) is 0 Å². The van der Waals surface area contributed by atoms with Crippen LogP contribution >= 0.6 is 0 Å². The fraction of sp³-hybridized carbons (Fsp3) is 0.118. The maximum Gasteiger partial charge on any atom is 0.136 e. The van der Waals surface area contributed by atoms with Gasteiger partial charge in [0.05, 0.1) is 22.1 Å². The van der Waals surface area contributed by atoms with Crippen molar-refractivity contribution in [1.29, 1.82) is 0 Å². The van der Waals surface area contributed by atoms with Gasteiger partial charge in [-0.2, -0.15) is 0 Å². The highest BCUT2D eigenvalue weighted by Crippen LogP contribution is 2.45. The molecule has 0 saturated heterocycles. The van der Waals surface area contributed by atoms with E-state index in [2.05, 4.69) is 213 Å². The van der Waals surface area contributed by atoms with Crippen LogP contribution in [0.25, 0.3) is 71.3 Å². The Hall–Kier alpha value is -6.45. The summed E-state index contributed by atoms with van der Waals surface area (Å²) in [6, 6.07) is 64.2. The van der Waals surface area contributed by atoms with Crippen LogP contribution in [0.4, 0.5) is 5.69 Å². The van der Waals surface area contributed by atoms with E-state index in [1.807, 2.05) is 0 Å². The summed E-state index contributed by atoms with van der Waals surface area (Å²) in [4.78, 5) is 7.84. The Kier molecular flexibility index (Phi) is 7.19. The molecule has 0 spiro atoms. The minimum absolute atomic E-state index is 0.229. The van der Waals surface area contributed by atoms with Crippen molar-refractivity contribution >= 4 is 54.9 Å². The predicted octanol–water partition coefficient (Wildman–Crippen LogP) is 13.2. The lowest BCUT2D eigenvalue weighted by molar-refractivity contribution is 0.338. The van der Waals surface area contributed by atoms with Gasteiger partial charge < -0.3 is 9.47 Å².